The number of carbonyl (C=O) groups is 1. The minimum absolute atomic E-state index is 0.120. The summed E-state index contributed by atoms with van der Waals surface area (Å²) in [7, 11) is -3.44. The lowest BCUT2D eigenvalue weighted by atomic mass is 10.1. The Morgan fingerprint density at radius 2 is 1.65 bits per heavy atom. The molecule has 0 atom stereocenters. The van der Waals surface area contributed by atoms with Crippen LogP contribution in [0.25, 0.3) is 0 Å². The summed E-state index contributed by atoms with van der Waals surface area (Å²) in [5.41, 5.74) is 2.65. The number of sulfonamides is 1. The first-order chi connectivity index (χ1) is 12.5. The van der Waals surface area contributed by atoms with Crippen molar-refractivity contribution in [1.29, 1.82) is 0 Å². The van der Waals surface area contributed by atoms with Crippen LogP contribution in [0.3, 0.4) is 0 Å². The Hall–Kier alpha value is -2.18. The molecule has 1 aliphatic heterocycles. The zero-order chi connectivity index (χ0) is 18.6. The maximum absolute atomic E-state index is 12.6. The molecule has 0 aromatic heterocycles. The van der Waals surface area contributed by atoms with Crippen molar-refractivity contribution in [3.63, 3.8) is 0 Å². The number of piperidine rings is 1. The summed E-state index contributed by atoms with van der Waals surface area (Å²) in [4.78, 5) is 12.5. The van der Waals surface area contributed by atoms with Crippen LogP contribution in [0.15, 0.2) is 53.4 Å². The SMILES string of the molecule is Cc1ccccc1CC(=O)Nc1ccc(S(=O)(=O)N2CCCCC2)cc1. The molecule has 0 unspecified atom stereocenters. The molecule has 2 aromatic rings. The Morgan fingerprint density at radius 3 is 2.31 bits per heavy atom. The van der Waals surface area contributed by atoms with E-state index in [4.69, 9.17) is 0 Å². The highest BCUT2D eigenvalue weighted by Gasteiger charge is 2.25. The number of hydrogen-bond donors (Lipinski definition) is 1. The van der Waals surface area contributed by atoms with Crippen LogP contribution in [0.1, 0.15) is 30.4 Å². The fraction of sp³-hybridized carbons (Fsp3) is 0.350. The van der Waals surface area contributed by atoms with Gasteiger partial charge < -0.3 is 5.32 Å². The quantitative estimate of drug-likeness (QED) is 0.875. The zero-order valence-corrected chi connectivity index (χ0v) is 15.8. The predicted octanol–water partition coefficient (Wildman–Crippen LogP) is 3.35. The maximum Gasteiger partial charge on any atom is 0.243 e. The molecule has 1 saturated heterocycles. The molecular weight excluding hydrogens is 348 g/mol. The van der Waals surface area contributed by atoms with E-state index in [1.807, 2.05) is 31.2 Å². The third-order valence-electron chi connectivity index (χ3n) is 4.70. The lowest BCUT2D eigenvalue weighted by Gasteiger charge is -2.25. The minimum Gasteiger partial charge on any atom is -0.326 e. The summed E-state index contributed by atoms with van der Waals surface area (Å²) in [6.45, 7) is 3.14. The Kier molecular flexibility index (Phi) is 5.74. The number of nitrogens with one attached hydrogen (secondary N) is 1. The van der Waals surface area contributed by atoms with Gasteiger partial charge in [-0.05, 0) is 55.2 Å². The van der Waals surface area contributed by atoms with Gasteiger partial charge in [-0.2, -0.15) is 4.31 Å². The number of amides is 1. The predicted molar refractivity (Wildman–Crippen MR) is 103 cm³/mol. The van der Waals surface area contributed by atoms with Gasteiger partial charge >= 0.3 is 0 Å². The van der Waals surface area contributed by atoms with Gasteiger partial charge in [0.1, 0.15) is 0 Å². The molecule has 5 nitrogen and oxygen atoms in total. The van der Waals surface area contributed by atoms with E-state index in [-0.39, 0.29) is 10.8 Å². The second-order valence-electron chi connectivity index (χ2n) is 6.64. The highest BCUT2D eigenvalue weighted by Crippen LogP contribution is 2.22. The number of carbonyl (C=O) groups excluding carboxylic acids is 1. The van der Waals surface area contributed by atoms with Crippen LogP contribution in [-0.4, -0.2) is 31.7 Å². The van der Waals surface area contributed by atoms with Crippen molar-refractivity contribution in [3.8, 4) is 0 Å². The number of aryl methyl sites for hydroxylation is 1. The first kappa shape index (κ1) is 18.6. The van der Waals surface area contributed by atoms with E-state index in [1.165, 1.54) is 0 Å². The second kappa shape index (κ2) is 8.01. The van der Waals surface area contributed by atoms with Gasteiger partial charge in [0.25, 0.3) is 0 Å². The van der Waals surface area contributed by atoms with Crippen LogP contribution in [0.2, 0.25) is 0 Å². The highest BCUT2D eigenvalue weighted by molar-refractivity contribution is 7.89. The molecule has 0 saturated carbocycles. The van der Waals surface area contributed by atoms with Crippen LogP contribution in [0.5, 0.6) is 0 Å². The molecule has 1 aliphatic rings. The van der Waals surface area contributed by atoms with Gasteiger partial charge in [-0.25, -0.2) is 8.42 Å². The van der Waals surface area contributed by atoms with Crippen LogP contribution in [0, 0.1) is 6.92 Å². The van der Waals surface area contributed by atoms with Crippen LogP contribution < -0.4 is 5.32 Å². The lowest BCUT2D eigenvalue weighted by molar-refractivity contribution is -0.115. The minimum atomic E-state index is -3.44. The van der Waals surface area contributed by atoms with E-state index in [9.17, 15) is 13.2 Å². The van der Waals surface area contributed by atoms with Crippen molar-refractivity contribution in [2.75, 3.05) is 18.4 Å². The summed E-state index contributed by atoms with van der Waals surface area (Å²) >= 11 is 0. The van der Waals surface area contributed by atoms with Gasteiger partial charge in [0.15, 0.2) is 0 Å². The van der Waals surface area contributed by atoms with Crippen LogP contribution in [0.4, 0.5) is 5.69 Å². The van der Waals surface area contributed by atoms with E-state index >= 15 is 0 Å². The Labute approximate surface area is 155 Å². The van der Waals surface area contributed by atoms with Crippen molar-refractivity contribution >= 4 is 21.6 Å². The molecular formula is C20H24N2O3S. The number of rotatable bonds is 5. The van der Waals surface area contributed by atoms with Crippen molar-refractivity contribution < 1.29 is 13.2 Å². The van der Waals surface area contributed by atoms with Crippen LogP contribution in [-0.2, 0) is 21.2 Å². The molecule has 0 aliphatic carbocycles. The molecule has 0 radical (unpaired) electrons. The van der Waals surface area contributed by atoms with E-state index in [1.54, 1.807) is 28.6 Å². The summed E-state index contributed by atoms with van der Waals surface area (Å²) in [5.74, 6) is -0.120. The first-order valence-corrected chi connectivity index (χ1v) is 10.4. The average molecular weight is 372 g/mol. The van der Waals surface area contributed by atoms with E-state index in [0.717, 1.165) is 30.4 Å². The topological polar surface area (TPSA) is 66.5 Å². The van der Waals surface area contributed by atoms with Gasteiger partial charge in [0, 0.05) is 18.8 Å². The number of nitrogens with zero attached hydrogens (tertiary/aromatic N) is 1. The van der Waals surface area contributed by atoms with Gasteiger partial charge in [-0.3, -0.25) is 4.79 Å². The molecule has 6 heteroatoms. The smallest absolute Gasteiger partial charge is 0.243 e. The molecule has 138 valence electrons. The molecule has 1 N–H and O–H groups in total. The normalized spacial score (nSPS) is 15.6. The van der Waals surface area contributed by atoms with Crippen molar-refractivity contribution in [3.05, 3.63) is 59.7 Å². The molecule has 0 spiro atoms. The lowest BCUT2D eigenvalue weighted by Crippen LogP contribution is -2.35. The number of hydrogen-bond acceptors (Lipinski definition) is 3. The van der Waals surface area contributed by atoms with Gasteiger partial charge in [0.2, 0.25) is 15.9 Å². The fourth-order valence-electron chi connectivity index (χ4n) is 3.15. The first-order valence-electron chi connectivity index (χ1n) is 8.91. The third kappa shape index (κ3) is 4.31. The fourth-order valence-corrected chi connectivity index (χ4v) is 4.67. The zero-order valence-electron chi connectivity index (χ0n) is 14.9. The molecule has 1 amide bonds. The number of anilines is 1. The average Bonchev–Trinajstić information content (AvgIpc) is 2.65. The summed E-state index contributed by atoms with van der Waals surface area (Å²) in [6.07, 6.45) is 3.19. The molecule has 1 heterocycles. The van der Waals surface area contributed by atoms with Crippen molar-refractivity contribution in [2.24, 2.45) is 0 Å². The Morgan fingerprint density at radius 1 is 1.00 bits per heavy atom. The van der Waals surface area contributed by atoms with Gasteiger partial charge in [-0.15, -0.1) is 0 Å². The molecule has 3 rings (SSSR count). The highest BCUT2D eigenvalue weighted by atomic mass is 32.2. The van der Waals surface area contributed by atoms with Crippen molar-refractivity contribution in [1.82, 2.24) is 4.31 Å². The largest absolute Gasteiger partial charge is 0.326 e. The Balaban J connectivity index is 1.66. The van der Waals surface area contributed by atoms with Gasteiger partial charge in [-0.1, -0.05) is 30.7 Å². The number of benzene rings is 2. The maximum atomic E-state index is 12.6. The summed E-state index contributed by atoms with van der Waals surface area (Å²) in [5, 5.41) is 2.83. The molecule has 26 heavy (non-hydrogen) atoms. The van der Waals surface area contributed by atoms with E-state index < -0.39 is 10.0 Å². The molecule has 0 bridgehead atoms. The van der Waals surface area contributed by atoms with Gasteiger partial charge in [0.05, 0.1) is 11.3 Å². The van der Waals surface area contributed by atoms with Crippen LogP contribution >= 0.6 is 0 Å². The van der Waals surface area contributed by atoms with E-state index in [2.05, 4.69) is 5.32 Å². The summed E-state index contributed by atoms with van der Waals surface area (Å²) in [6, 6.07) is 14.2. The van der Waals surface area contributed by atoms with E-state index in [0.29, 0.717) is 25.2 Å². The monoisotopic (exact) mass is 372 g/mol. The van der Waals surface area contributed by atoms with Crippen molar-refractivity contribution in [2.45, 2.75) is 37.5 Å². The molecule has 1 fully saturated rings. The third-order valence-corrected chi connectivity index (χ3v) is 6.62. The Bertz CT molecular complexity index is 870. The molecule has 2 aromatic carbocycles. The second-order valence-corrected chi connectivity index (χ2v) is 8.58. The standard InChI is InChI=1S/C20H24N2O3S/c1-16-7-3-4-8-17(16)15-20(23)21-18-9-11-19(12-10-18)26(24,25)22-13-5-2-6-14-22/h3-4,7-12H,2,5-6,13-15H2,1H3,(H,21,23). The summed E-state index contributed by atoms with van der Waals surface area (Å²) < 4.78 is 26.8.